The fourth-order valence-electron chi connectivity index (χ4n) is 1.29. The monoisotopic (exact) mass is 271 g/mol. The van der Waals surface area contributed by atoms with Crippen LogP contribution < -0.4 is 10.5 Å². The Morgan fingerprint density at radius 3 is 2.61 bits per heavy atom. The highest BCUT2D eigenvalue weighted by molar-refractivity contribution is 7.90. The van der Waals surface area contributed by atoms with E-state index in [-0.39, 0.29) is 11.4 Å². The number of hydrogen-bond acceptors (Lipinski definition) is 4. The molecule has 0 aromatic heterocycles. The van der Waals surface area contributed by atoms with Gasteiger partial charge in [0.2, 0.25) is 0 Å². The second-order valence-corrected chi connectivity index (χ2v) is 5.47. The van der Waals surface area contributed by atoms with Gasteiger partial charge in [0.15, 0.2) is 0 Å². The van der Waals surface area contributed by atoms with Crippen LogP contribution >= 0.6 is 0 Å². The predicted octanol–water partition coefficient (Wildman–Crippen LogP) is 0.432. The van der Waals surface area contributed by atoms with E-state index in [4.69, 9.17) is 10.5 Å². The lowest BCUT2D eigenvalue weighted by atomic mass is 10.2. The van der Waals surface area contributed by atoms with Crippen LogP contribution in [0.2, 0.25) is 0 Å². The SMILES string of the molecule is COc1ccc(S(=O)(=O)/N=C/N(C)C)cc1CN. The van der Waals surface area contributed by atoms with Gasteiger partial charge >= 0.3 is 0 Å². The minimum absolute atomic E-state index is 0.0989. The Morgan fingerprint density at radius 2 is 2.11 bits per heavy atom. The lowest BCUT2D eigenvalue weighted by molar-refractivity contribution is 0.409. The zero-order valence-corrected chi connectivity index (χ0v) is 11.4. The number of benzene rings is 1. The van der Waals surface area contributed by atoms with E-state index in [1.807, 2.05) is 0 Å². The van der Waals surface area contributed by atoms with Crippen molar-refractivity contribution in [2.24, 2.45) is 10.1 Å². The van der Waals surface area contributed by atoms with Crippen LogP contribution in [-0.4, -0.2) is 40.9 Å². The summed E-state index contributed by atoms with van der Waals surface area (Å²) in [5.41, 5.74) is 6.16. The van der Waals surface area contributed by atoms with E-state index in [1.165, 1.54) is 25.6 Å². The molecule has 0 fully saturated rings. The summed E-state index contributed by atoms with van der Waals surface area (Å²) in [6.45, 7) is 0.198. The van der Waals surface area contributed by atoms with Gasteiger partial charge in [-0.1, -0.05) is 0 Å². The third-order valence-corrected chi connectivity index (χ3v) is 3.41. The highest BCUT2D eigenvalue weighted by atomic mass is 32.2. The lowest BCUT2D eigenvalue weighted by Gasteiger charge is -2.08. The number of rotatable bonds is 5. The summed E-state index contributed by atoms with van der Waals surface area (Å²) in [5.74, 6) is 0.563. The van der Waals surface area contributed by atoms with Crippen LogP contribution in [0.5, 0.6) is 5.75 Å². The van der Waals surface area contributed by atoms with E-state index in [1.54, 1.807) is 25.1 Å². The van der Waals surface area contributed by atoms with Crippen molar-refractivity contribution in [2.75, 3.05) is 21.2 Å². The van der Waals surface area contributed by atoms with E-state index in [0.29, 0.717) is 11.3 Å². The molecule has 0 heterocycles. The van der Waals surface area contributed by atoms with Crippen LogP contribution in [0.3, 0.4) is 0 Å². The van der Waals surface area contributed by atoms with Crippen molar-refractivity contribution in [3.63, 3.8) is 0 Å². The number of ether oxygens (including phenoxy) is 1. The van der Waals surface area contributed by atoms with Crippen LogP contribution in [0.1, 0.15) is 5.56 Å². The molecule has 7 heteroatoms. The highest BCUT2D eigenvalue weighted by Crippen LogP contribution is 2.22. The van der Waals surface area contributed by atoms with Crippen LogP contribution in [0.25, 0.3) is 0 Å². The molecule has 0 atom stereocenters. The zero-order chi connectivity index (χ0) is 13.8. The normalized spacial score (nSPS) is 11.8. The summed E-state index contributed by atoms with van der Waals surface area (Å²) in [4.78, 5) is 1.65. The van der Waals surface area contributed by atoms with E-state index >= 15 is 0 Å². The topological polar surface area (TPSA) is 85.0 Å². The van der Waals surface area contributed by atoms with Crippen molar-refractivity contribution in [1.29, 1.82) is 0 Å². The first-order valence-corrected chi connectivity index (χ1v) is 6.68. The Morgan fingerprint density at radius 1 is 1.44 bits per heavy atom. The summed E-state index contributed by atoms with van der Waals surface area (Å²) in [7, 11) is 1.20. The molecule has 0 amide bonds. The van der Waals surface area contributed by atoms with Crippen molar-refractivity contribution in [3.8, 4) is 5.75 Å². The number of sulfonamides is 1. The van der Waals surface area contributed by atoms with Crippen LogP contribution in [0.4, 0.5) is 0 Å². The number of nitrogens with zero attached hydrogens (tertiary/aromatic N) is 2. The Labute approximate surface area is 107 Å². The van der Waals surface area contributed by atoms with Crippen molar-refractivity contribution in [3.05, 3.63) is 23.8 Å². The van der Waals surface area contributed by atoms with Crippen molar-refractivity contribution in [1.82, 2.24) is 4.90 Å². The first-order valence-electron chi connectivity index (χ1n) is 5.24. The Bertz CT molecular complexity index is 538. The average molecular weight is 271 g/mol. The largest absolute Gasteiger partial charge is 0.496 e. The van der Waals surface area contributed by atoms with Crippen LogP contribution in [-0.2, 0) is 16.6 Å². The molecule has 1 aromatic carbocycles. The fraction of sp³-hybridized carbons (Fsp3) is 0.364. The summed E-state index contributed by atoms with van der Waals surface area (Å²) >= 11 is 0. The quantitative estimate of drug-likeness (QED) is 0.620. The van der Waals surface area contributed by atoms with Crippen LogP contribution in [0, 0.1) is 0 Å². The molecule has 0 bridgehead atoms. The minimum atomic E-state index is -3.70. The van der Waals surface area contributed by atoms with Gasteiger partial charge in [0.1, 0.15) is 12.1 Å². The Hall–Kier alpha value is -1.60. The first-order chi connectivity index (χ1) is 8.40. The first kappa shape index (κ1) is 14.5. The molecule has 1 aromatic rings. The van der Waals surface area contributed by atoms with Crippen LogP contribution in [0.15, 0.2) is 27.5 Å². The van der Waals surface area contributed by atoms with Gasteiger partial charge in [-0.15, -0.1) is 4.40 Å². The van der Waals surface area contributed by atoms with E-state index in [0.717, 1.165) is 0 Å². The van der Waals surface area contributed by atoms with Gasteiger partial charge < -0.3 is 15.4 Å². The minimum Gasteiger partial charge on any atom is -0.496 e. The maximum Gasteiger partial charge on any atom is 0.283 e. The molecule has 18 heavy (non-hydrogen) atoms. The predicted molar refractivity (Wildman–Crippen MR) is 70.3 cm³/mol. The average Bonchev–Trinajstić information content (AvgIpc) is 2.35. The lowest BCUT2D eigenvalue weighted by Crippen LogP contribution is -2.10. The Balaban J connectivity index is 3.18. The van der Waals surface area contributed by atoms with Crippen molar-refractivity contribution >= 4 is 16.4 Å². The van der Waals surface area contributed by atoms with Crippen molar-refractivity contribution in [2.45, 2.75) is 11.4 Å². The highest BCUT2D eigenvalue weighted by Gasteiger charge is 2.14. The number of nitrogens with two attached hydrogens (primary N) is 1. The maximum absolute atomic E-state index is 11.9. The van der Waals surface area contributed by atoms with E-state index in [9.17, 15) is 8.42 Å². The molecular weight excluding hydrogens is 254 g/mol. The Kier molecular flexibility index (Phi) is 4.69. The van der Waals surface area contributed by atoms with Crippen molar-refractivity contribution < 1.29 is 13.2 Å². The second-order valence-electron chi connectivity index (χ2n) is 3.84. The molecule has 0 saturated heterocycles. The molecule has 1 rings (SSSR count). The number of hydrogen-bond donors (Lipinski definition) is 1. The van der Waals surface area contributed by atoms with Gasteiger partial charge in [-0.3, -0.25) is 0 Å². The summed E-state index contributed by atoms with van der Waals surface area (Å²) in [6, 6.07) is 4.49. The molecule has 100 valence electrons. The van der Waals surface area contributed by atoms with Gasteiger partial charge in [0.25, 0.3) is 10.0 Å². The fourth-order valence-corrected chi connectivity index (χ4v) is 2.26. The molecule has 6 nitrogen and oxygen atoms in total. The van der Waals surface area contributed by atoms with Gasteiger partial charge in [0.05, 0.1) is 12.0 Å². The van der Waals surface area contributed by atoms with Gasteiger partial charge in [-0.25, -0.2) is 0 Å². The van der Waals surface area contributed by atoms with E-state index in [2.05, 4.69) is 4.40 Å². The molecule has 0 radical (unpaired) electrons. The molecule has 0 saturated carbocycles. The summed E-state index contributed by atoms with van der Waals surface area (Å²) in [6.07, 6.45) is 1.24. The standard InChI is InChI=1S/C11H17N3O3S/c1-14(2)8-13-18(15,16)10-4-5-11(17-3)9(6-10)7-12/h4-6,8H,7,12H2,1-3H3/b13-8+. The van der Waals surface area contributed by atoms with Gasteiger partial charge in [-0.2, -0.15) is 8.42 Å². The maximum atomic E-state index is 11.9. The second kappa shape index (κ2) is 5.83. The zero-order valence-electron chi connectivity index (χ0n) is 10.6. The summed E-state index contributed by atoms with van der Waals surface area (Å²) in [5, 5.41) is 0. The molecular formula is C11H17N3O3S. The number of methoxy groups -OCH3 is 1. The smallest absolute Gasteiger partial charge is 0.283 e. The molecule has 0 aliphatic heterocycles. The third-order valence-electron chi connectivity index (χ3n) is 2.19. The molecule has 0 aliphatic rings. The molecule has 0 aliphatic carbocycles. The third kappa shape index (κ3) is 3.44. The molecule has 0 spiro atoms. The summed E-state index contributed by atoms with van der Waals surface area (Å²) < 4.78 is 32.4. The van der Waals surface area contributed by atoms with Gasteiger partial charge in [0, 0.05) is 26.2 Å². The molecule has 2 N–H and O–H groups in total. The van der Waals surface area contributed by atoms with E-state index < -0.39 is 10.0 Å². The molecule has 0 unspecified atom stereocenters. The van der Waals surface area contributed by atoms with Gasteiger partial charge in [-0.05, 0) is 18.2 Å².